The Kier molecular flexibility index (Phi) is 6.63. The lowest BCUT2D eigenvalue weighted by Crippen LogP contribution is -2.38. The quantitative estimate of drug-likeness (QED) is 0.574. The van der Waals surface area contributed by atoms with Crippen LogP contribution in [-0.2, 0) is 14.8 Å². The van der Waals surface area contributed by atoms with Crippen molar-refractivity contribution in [3.63, 3.8) is 0 Å². The topological polar surface area (TPSA) is 75.7 Å². The van der Waals surface area contributed by atoms with Crippen molar-refractivity contribution < 1.29 is 17.9 Å². The molecule has 1 amide bonds. The largest absolute Gasteiger partial charge is 0.495 e. The van der Waals surface area contributed by atoms with E-state index in [1.165, 1.54) is 19.2 Å². The lowest BCUT2D eigenvalue weighted by Gasteiger charge is -2.25. The highest BCUT2D eigenvalue weighted by Crippen LogP contribution is 2.32. The van der Waals surface area contributed by atoms with Crippen LogP contribution in [-0.4, -0.2) is 28.0 Å². The molecule has 0 aliphatic carbocycles. The zero-order valence-corrected chi connectivity index (χ0v) is 18.0. The van der Waals surface area contributed by atoms with Gasteiger partial charge in [-0.3, -0.25) is 9.10 Å². The van der Waals surface area contributed by atoms with Crippen LogP contribution >= 0.6 is 0 Å². The number of sulfonamides is 1. The van der Waals surface area contributed by atoms with Crippen molar-refractivity contribution in [2.24, 2.45) is 0 Å². The Bertz CT molecular complexity index is 1230. The molecule has 0 bridgehead atoms. The van der Waals surface area contributed by atoms with Crippen molar-refractivity contribution in [3.8, 4) is 18.1 Å². The number of para-hydroxylation sites is 2. The maximum Gasteiger partial charge on any atom is 0.264 e. The number of carbonyl (C=O) groups excluding carboxylic acids is 1. The number of anilines is 2. The van der Waals surface area contributed by atoms with Gasteiger partial charge in [-0.25, -0.2) is 8.42 Å². The molecular weight excluding hydrogens is 412 g/mol. The summed E-state index contributed by atoms with van der Waals surface area (Å²) in [4.78, 5) is 12.9. The molecule has 1 N–H and O–H groups in total. The van der Waals surface area contributed by atoms with Gasteiger partial charge in [-0.2, -0.15) is 0 Å². The number of hydrogen-bond acceptors (Lipinski definition) is 4. The minimum atomic E-state index is -4.04. The van der Waals surface area contributed by atoms with Gasteiger partial charge in [-0.1, -0.05) is 41.8 Å². The van der Waals surface area contributed by atoms with Crippen molar-refractivity contribution in [1.82, 2.24) is 0 Å². The van der Waals surface area contributed by atoms with E-state index in [4.69, 9.17) is 11.2 Å². The Morgan fingerprint density at radius 3 is 2.45 bits per heavy atom. The number of aryl methyl sites for hydroxylation is 1. The monoisotopic (exact) mass is 434 g/mol. The molecule has 0 radical (unpaired) electrons. The summed E-state index contributed by atoms with van der Waals surface area (Å²) in [6.07, 6.45) is 5.41. The van der Waals surface area contributed by atoms with Gasteiger partial charge in [-0.15, -0.1) is 6.42 Å². The normalized spacial score (nSPS) is 10.7. The van der Waals surface area contributed by atoms with E-state index < -0.39 is 22.5 Å². The minimum Gasteiger partial charge on any atom is -0.495 e. The van der Waals surface area contributed by atoms with Crippen LogP contribution in [0.4, 0.5) is 11.4 Å². The molecule has 0 saturated heterocycles. The van der Waals surface area contributed by atoms with Crippen molar-refractivity contribution in [2.75, 3.05) is 23.3 Å². The van der Waals surface area contributed by atoms with E-state index in [2.05, 4.69) is 11.2 Å². The predicted molar refractivity (Wildman–Crippen MR) is 122 cm³/mol. The fourth-order valence-electron chi connectivity index (χ4n) is 2.99. The number of carbonyl (C=O) groups is 1. The van der Waals surface area contributed by atoms with Crippen molar-refractivity contribution in [2.45, 2.75) is 11.8 Å². The van der Waals surface area contributed by atoms with Crippen LogP contribution in [0.3, 0.4) is 0 Å². The summed E-state index contributed by atoms with van der Waals surface area (Å²) in [5.74, 6) is 2.31. The molecule has 3 aromatic carbocycles. The molecule has 158 valence electrons. The number of nitrogens with zero attached hydrogens (tertiary/aromatic N) is 1. The zero-order valence-electron chi connectivity index (χ0n) is 17.2. The molecular formula is C24H22N2O4S. The highest BCUT2D eigenvalue weighted by atomic mass is 32.2. The van der Waals surface area contributed by atoms with Crippen LogP contribution in [0.1, 0.15) is 11.1 Å². The second-order valence-electron chi connectivity index (χ2n) is 6.77. The molecule has 0 fully saturated rings. The number of methoxy groups -OCH3 is 1. The van der Waals surface area contributed by atoms with Crippen LogP contribution < -0.4 is 14.4 Å². The van der Waals surface area contributed by atoms with Gasteiger partial charge < -0.3 is 10.1 Å². The molecule has 0 aromatic heterocycles. The second kappa shape index (κ2) is 9.37. The first-order chi connectivity index (χ1) is 14.8. The van der Waals surface area contributed by atoms with Crippen LogP contribution in [0.5, 0.6) is 5.75 Å². The summed E-state index contributed by atoms with van der Waals surface area (Å²) in [6.45, 7) is 1.42. The summed E-state index contributed by atoms with van der Waals surface area (Å²) in [6, 6.07) is 19.9. The van der Waals surface area contributed by atoms with Gasteiger partial charge in [0.05, 0.1) is 17.7 Å². The molecule has 0 aliphatic rings. The maximum atomic E-state index is 13.5. The third-order valence-electron chi connectivity index (χ3n) is 4.56. The Labute approximate surface area is 182 Å². The number of nitrogens with one attached hydrogen (secondary N) is 1. The predicted octanol–water partition coefficient (Wildman–Crippen LogP) is 3.82. The summed E-state index contributed by atoms with van der Waals surface area (Å²) >= 11 is 0. The number of rotatable bonds is 7. The fraction of sp³-hybridized carbons (Fsp3) is 0.125. The molecule has 0 atom stereocenters. The molecule has 0 unspecified atom stereocenters. The summed E-state index contributed by atoms with van der Waals surface area (Å²) in [7, 11) is -2.60. The number of hydrogen-bond donors (Lipinski definition) is 1. The van der Waals surface area contributed by atoms with Crippen LogP contribution in [0.15, 0.2) is 77.7 Å². The van der Waals surface area contributed by atoms with Gasteiger partial charge in [-0.05, 0) is 49.4 Å². The third kappa shape index (κ3) is 5.05. The average molecular weight is 435 g/mol. The first kappa shape index (κ1) is 21.9. The second-order valence-corrected chi connectivity index (χ2v) is 8.63. The van der Waals surface area contributed by atoms with E-state index in [-0.39, 0.29) is 10.6 Å². The number of terminal acetylenes is 1. The lowest BCUT2D eigenvalue weighted by molar-refractivity contribution is -0.114. The third-order valence-corrected chi connectivity index (χ3v) is 6.34. The molecule has 0 aliphatic heterocycles. The minimum absolute atomic E-state index is 0.0751. The Hall–Kier alpha value is -3.76. The number of ether oxygens (including phenoxy) is 1. The van der Waals surface area contributed by atoms with E-state index >= 15 is 0 Å². The number of benzene rings is 3. The van der Waals surface area contributed by atoms with E-state index in [9.17, 15) is 13.2 Å². The van der Waals surface area contributed by atoms with Crippen molar-refractivity contribution in [3.05, 3.63) is 83.9 Å². The van der Waals surface area contributed by atoms with E-state index in [1.54, 1.807) is 60.7 Å². The molecule has 3 aromatic rings. The van der Waals surface area contributed by atoms with Gasteiger partial charge in [0.2, 0.25) is 5.91 Å². The van der Waals surface area contributed by atoms with Gasteiger partial charge >= 0.3 is 0 Å². The molecule has 3 rings (SSSR count). The molecule has 7 heteroatoms. The molecule has 6 nitrogen and oxygen atoms in total. The van der Waals surface area contributed by atoms with Gasteiger partial charge in [0.25, 0.3) is 10.0 Å². The van der Waals surface area contributed by atoms with Gasteiger partial charge in [0.15, 0.2) is 0 Å². The van der Waals surface area contributed by atoms with Crippen LogP contribution in [0.2, 0.25) is 0 Å². The van der Waals surface area contributed by atoms with Gasteiger partial charge in [0, 0.05) is 11.3 Å². The average Bonchev–Trinajstić information content (AvgIpc) is 2.77. The van der Waals surface area contributed by atoms with Crippen LogP contribution in [0, 0.1) is 19.3 Å². The van der Waals surface area contributed by atoms with Crippen molar-refractivity contribution >= 4 is 27.3 Å². The van der Waals surface area contributed by atoms with Crippen molar-refractivity contribution in [1.29, 1.82) is 0 Å². The maximum absolute atomic E-state index is 13.5. The van der Waals surface area contributed by atoms with E-state index in [0.29, 0.717) is 17.0 Å². The molecule has 0 spiro atoms. The highest BCUT2D eigenvalue weighted by Gasteiger charge is 2.29. The fourth-order valence-corrected chi connectivity index (χ4v) is 4.42. The van der Waals surface area contributed by atoms with E-state index in [0.717, 1.165) is 9.87 Å². The smallest absolute Gasteiger partial charge is 0.264 e. The highest BCUT2D eigenvalue weighted by molar-refractivity contribution is 7.92. The van der Waals surface area contributed by atoms with Crippen LogP contribution in [0.25, 0.3) is 0 Å². The zero-order chi connectivity index (χ0) is 22.4. The standard InChI is InChI=1S/C24H22N2O4S/c1-4-19-8-7-9-20(16-19)25-24(27)17-26(22-10-5-6-11-23(22)30-3)31(28,29)21-14-12-18(2)13-15-21/h1,5-16H,17H2,2-3H3,(H,25,27). The Balaban J connectivity index is 1.99. The van der Waals surface area contributed by atoms with E-state index in [1.807, 2.05) is 6.92 Å². The summed E-state index contributed by atoms with van der Waals surface area (Å²) in [5.41, 5.74) is 2.27. The number of amides is 1. The molecule has 0 saturated carbocycles. The lowest BCUT2D eigenvalue weighted by atomic mass is 10.2. The first-order valence-corrected chi connectivity index (χ1v) is 10.9. The first-order valence-electron chi connectivity index (χ1n) is 9.44. The Morgan fingerprint density at radius 1 is 1.06 bits per heavy atom. The molecule has 0 heterocycles. The summed E-state index contributed by atoms with van der Waals surface area (Å²) in [5, 5.41) is 2.71. The van der Waals surface area contributed by atoms with Gasteiger partial charge in [0.1, 0.15) is 12.3 Å². The molecule has 31 heavy (non-hydrogen) atoms. The summed E-state index contributed by atoms with van der Waals surface area (Å²) < 4.78 is 33.3. The SMILES string of the molecule is C#Cc1cccc(NC(=O)CN(c2ccccc2OC)S(=O)(=O)c2ccc(C)cc2)c1. The Morgan fingerprint density at radius 2 is 1.77 bits per heavy atom.